The number of rotatable bonds is 4. The third-order valence-electron chi connectivity index (χ3n) is 4.96. The fourth-order valence-electron chi connectivity index (χ4n) is 3.62. The Morgan fingerprint density at radius 1 is 1.21 bits per heavy atom. The number of nitrogens with zero attached hydrogens (tertiary/aromatic N) is 3. The Morgan fingerprint density at radius 3 is 2.71 bits per heavy atom. The van der Waals surface area contributed by atoms with E-state index < -0.39 is 4.92 Å². The lowest BCUT2D eigenvalue weighted by Crippen LogP contribution is -2.41. The van der Waals surface area contributed by atoms with Crippen molar-refractivity contribution < 1.29 is 14.4 Å². The Morgan fingerprint density at radius 2 is 2.00 bits per heavy atom. The molecular formula is C17H25N3O4. The van der Waals surface area contributed by atoms with Crippen molar-refractivity contribution in [3.63, 3.8) is 0 Å². The van der Waals surface area contributed by atoms with Gasteiger partial charge in [-0.15, -0.1) is 0 Å². The molecule has 0 spiro atoms. The van der Waals surface area contributed by atoms with Crippen LogP contribution in [-0.4, -0.2) is 62.4 Å². The number of anilines is 1. The Balaban J connectivity index is 1.68. The quantitative estimate of drug-likeness (QED) is 0.621. The summed E-state index contributed by atoms with van der Waals surface area (Å²) < 4.78 is 10.7. The van der Waals surface area contributed by atoms with Gasteiger partial charge in [-0.2, -0.15) is 0 Å². The van der Waals surface area contributed by atoms with Crippen LogP contribution in [0.15, 0.2) is 18.2 Å². The highest BCUT2D eigenvalue weighted by Crippen LogP contribution is 2.32. The molecule has 0 unspecified atom stereocenters. The van der Waals surface area contributed by atoms with Crippen molar-refractivity contribution in [3.8, 4) is 5.75 Å². The highest BCUT2D eigenvalue weighted by molar-refractivity contribution is 5.59. The molecule has 1 aromatic rings. The van der Waals surface area contributed by atoms with Crippen LogP contribution in [0.4, 0.5) is 11.4 Å². The average molecular weight is 335 g/mol. The summed E-state index contributed by atoms with van der Waals surface area (Å²) in [6, 6.07) is 5.77. The lowest BCUT2D eigenvalue weighted by molar-refractivity contribution is -0.385. The second-order valence-corrected chi connectivity index (χ2v) is 6.33. The molecule has 2 aliphatic heterocycles. The van der Waals surface area contributed by atoms with E-state index in [-0.39, 0.29) is 5.69 Å². The zero-order chi connectivity index (χ0) is 16.9. The van der Waals surface area contributed by atoms with Gasteiger partial charge in [-0.1, -0.05) is 0 Å². The molecule has 0 radical (unpaired) electrons. The molecule has 132 valence electrons. The first kappa shape index (κ1) is 17.0. The summed E-state index contributed by atoms with van der Waals surface area (Å²) in [6.45, 7) is 5.74. The van der Waals surface area contributed by atoms with Crippen molar-refractivity contribution in [1.82, 2.24) is 4.90 Å². The van der Waals surface area contributed by atoms with Crippen LogP contribution < -0.4 is 9.64 Å². The number of benzene rings is 1. The van der Waals surface area contributed by atoms with Crippen LogP contribution in [0.1, 0.15) is 19.3 Å². The molecule has 2 aliphatic rings. The number of nitro groups is 1. The Bertz CT molecular complexity index is 575. The molecule has 2 fully saturated rings. The lowest BCUT2D eigenvalue weighted by Gasteiger charge is -2.33. The predicted molar refractivity (Wildman–Crippen MR) is 91.9 cm³/mol. The zero-order valence-corrected chi connectivity index (χ0v) is 14.1. The van der Waals surface area contributed by atoms with Gasteiger partial charge < -0.3 is 14.4 Å². The molecule has 1 aromatic carbocycles. The highest BCUT2D eigenvalue weighted by Gasteiger charge is 2.25. The van der Waals surface area contributed by atoms with Crippen LogP contribution in [0.2, 0.25) is 0 Å². The van der Waals surface area contributed by atoms with E-state index in [9.17, 15) is 10.1 Å². The van der Waals surface area contributed by atoms with Gasteiger partial charge in [0.15, 0.2) is 5.75 Å². The molecule has 0 aromatic heterocycles. The molecule has 0 saturated carbocycles. The molecule has 3 rings (SSSR count). The van der Waals surface area contributed by atoms with Crippen molar-refractivity contribution in [3.05, 3.63) is 28.3 Å². The van der Waals surface area contributed by atoms with E-state index in [1.165, 1.54) is 13.2 Å². The van der Waals surface area contributed by atoms with Crippen LogP contribution in [0.5, 0.6) is 5.75 Å². The van der Waals surface area contributed by atoms with Gasteiger partial charge in [0.25, 0.3) is 0 Å². The van der Waals surface area contributed by atoms with Gasteiger partial charge in [0, 0.05) is 63.3 Å². The number of methoxy groups -OCH3 is 1. The first-order valence-corrected chi connectivity index (χ1v) is 8.58. The fraction of sp³-hybridized carbons (Fsp3) is 0.647. The van der Waals surface area contributed by atoms with Crippen molar-refractivity contribution in [2.75, 3.05) is 51.4 Å². The van der Waals surface area contributed by atoms with Crippen molar-refractivity contribution >= 4 is 11.4 Å². The number of nitro benzene ring substituents is 1. The average Bonchev–Trinajstić information content (AvgIpc) is 2.88. The fourth-order valence-corrected chi connectivity index (χ4v) is 3.62. The largest absolute Gasteiger partial charge is 0.490 e. The predicted octanol–water partition coefficient (Wildman–Crippen LogP) is 2.29. The minimum Gasteiger partial charge on any atom is -0.490 e. The molecular weight excluding hydrogens is 310 g/mol. The molecule has 7 heteroatoms. The van der Waals surface area contributed by atoms with E-state index in [1.54, 1.807) is 6.07 Å². The van der Waals surface area contributed by atoms with E-state index in [0.717, 1.165) is 64.3 Å². The topological polar surface area (TPSA) is 68.1 Å². The minimum atomic E-state index is -0.405. The van der Waals surface area contributed by atoms with Gasteiger partial charge in [-0.25, -0.2) is 0 Å². The van der Waals surface area contributed by atoms with E-state index in [4.69, 9.17) is 9.47 Å². The maximum Gasteiger partial charge on any atom is 0.311 e. The van der Waals surface area contributed by atoms with Gasteiger partial charge in [0.05, 0.1) is 12.0 Å². The maximum absolute atomic E-state index is 11.0. The Kier molecular flexibility index (Phi) is 5.52. The highest BCUT2D eigenvalue weighted by atomic mass is 16.6. The summed E-state index contributed by atoms with van der Waals surface area (Å²) >= 11 is 0. The molecule has 0 bridgehead atoms. The molecule has 7 nitrogen and oxygen atoms in total. The third-order valence-corrected chi connectivity index (χ3v) is 4.96. The summed E-state index contributed by atoms with van der Waals surface area (Å²) in [6.07, 6.45) is 3.33. The Hall–Kier alpha value is -1.86. The van der Waals surface area contributed by atoms with Crippen molar-refractivity contribution in [2.45, 2.75) is 25.3 Å². The summed E-state index contributed by atoms with van der Waals surface area (Å²) in [5.41, 5.74) is 1.01. The first-order chi connectivity index (χ1) is 11.7. The summed E-state index contributed by atoms with van der Waals surface area (Å²) in [5.74, 6) is 0.322. The smallest absolute Gasteiger partial charge is 0.311 e. The van der Waals surface area contributed by atoms with Gasteiger partial charge in [0.2, 0.25) is 0 Å². The van der Waals surface area contributed by atoms with Gasteiger partial charge in [-0.3, -0.25) is 15.0 Å². The van der Waals surface area contributed by atoms with Crippen LogP contribution in [0.25, 0.3) is 0 Å². The first-order valence-electron chi connectivity index (χ1n) is 8.58. The third kappa shape index (κ3) is 3.79. The van der Waals surface area contributed by atoms with E-state index in [2.05, 4.69) is 9.80 Å². The van der Waals surface area contributed by atoms with Gasteiger partial charge >= 0.3 is 5.69 Å². The lowest BCUT2D eigenvalue weighted by atomic mass is 10.1. The normalized spacial score (nSPS) is 20.6. The van der Waals surface area contributed by atoms with Gasteiger partial charge in [0.1, 0.15) is 0 Å². The summed E-state index contributed by atoms with van der Waals surface area (Å²) in [5, 5.41) is 11.0. The molecule has 24 heavy (non-hydrogen) atoms. The minimum absolute atomic E-state index is 0.0138. The van der Waals surface area contributed by atoms with E-state index in [0.29, 0.717) is 11.8 Å². The summed E-state index contributed by atoms with van der Waals surface area (Å²) in [4.78, 5) is 15.5. The Labute approximate surface area is 142 Å². The maximum atomic E-state index is 11.0. The molecule has 0 aliphatic carbocycles. The molecule has 2 heterocycles. The van der Waals surface area contributed by atoms with Gasteiger partial charge in [-0.05, 0) is 25.3 Å². The number of hydrogen-bond acceptors (Lipinski definition) is 6. The van der Waals surface area contributed by atoms with Crippen LogP contribution in [0, 0.1) is 10.1 Å². The second kappa shape index (κ2) is 7.81. The molecule has 2 saturated heterocycles. The molecule has 0 amide bonds. The standard InChI is InChI=1S/C17H25N3O4/c1-23-17-13-15(3-4-16(17)20(21)22)19-8-2-7-18(9-10-19)14-5-11-24-12-6-14/h3-4,13-14H,2,5-12H2,1H3. The van der Waals surface area contributed by atoms with Crippen LogP contribution in [0.3, 0.4) is 0 Å². The monoisotopic (exact) mass is 335 g/mol. The van der Waals surface area contributed by atoms with Crippen LogP contribution >= 0.6 is 0 Å². The zero-order valence-electron chi connectivity index (χ0n) is 14.1. The molecule has 0 N–H and O–H groups in total. The van der Waals surface area contributed by atoms with Crippen LogP contribution in [-0.2, 0) is 4.74 Å². The number of hydrogen-bond donors (Lipinski definition) is 0. The van der Waals surface area contributed by atoms with E-state index >= 15 is 0 Å². The number of ether oxygens (including phenoxy) is 2. The SMILES string of the molecule is COc1cc(N2CCCN(C3CCOCC3)CC2)ccc1[N+](=O)[O-]. The van der Waals surface area contributed by atoms with Crippen molar-refractivity contribution in [2.24, 2.45) is 0 Å². The van der Waals surface area contributed by atoms with Crippen molar-refractivity contribution in [1.29, 1.82) is 0 Å². The molecule has 0 atom stereocenters. The second-order valence-electron chi connectivity index (χ2n) is 6.33. The summed E-state index contributed by atoms with van der Waals surface area (Å²) in [7, 11) is 1.47. The van der Waals surface area contributed by atoms with E-state index in [1.807, 2.05) is 6.07 Å².